The molecule has 142 valence electrons. The third-order valence-electron chi connectivity index (χ3n) is 3.77. The van der Waals surface area contributed by atoms with E-state index in [1.807, 2.05) is 36.4 Å². The zero-order valence-electron chi connectivity index (χ0n) is 13.8. The third kappa shape index (κ3) is 4.68. The van der Waals surface area contributed by atoms with E-state index >= 15 is 0 Å². The number of rotatable bonds is 2. The molecule has 0 aliphatic heterocycles. The Kier molecular flexibility index (Phi) is 5.91. The molecule has 0 saturated carbocycles. The summed E-state index contributed by atoms with van der Waals surface area (Å²) in [5.41, 5.74) is 7.49. The predicted molar refractivity (Wildman–Crippen MR) is 93.4 cm³/mol. The molecular weight excluding hydrogens is 363 g/mol. The Balaban J connectivity index is 0.000000321. The zero-order chi connectivity index (χ0) is 20.2. The van der Waals surface area contributed by atoms with Gasteiger partial charge < -0.3 is 21.1 Å². The number of phenolic OH excluding ortho intramolecular Hbond substituents is 2. The summed E-state index contributed by atoms with van der Waals surface area (Å²) in [5.74, 6) is -2.49. The molecule has 0 aliphatic carbocycles. The van der Waals surface area contributed by atoms with E-state index in [0.29, 0.717) is 11.1 Å². The fraction of sp³-hybridized carbons (Fsp3) is 0.105. The van der Waals surface area contributed by atoms with E-state index in [1.54, 1.807) is 24.3 Å². The van der Waals surface area contributed by atoms with Crippen LogP contribution in [-0.4, -0.2) is 27.5 Å². The summed E-state index contributed by atoms with van der Waals surface area (Å²) in [6.07, 6.45) is -5.08. The number of hydrogen-bond donors (Lipinski definition) is 4. The van der Waals surface area contributed by atoms with Crippen LogP contribution in [-0.2, 0) is 4.79 Å². The van der Waals surface area contributed by atoms with E-state index in [9.17, 15) is 23.4 Å². The average molecular weight is 379 g/mol. The minimum Gasteiger partial charge on any atom is -0.508 e. The Bertz CT molecular complexity index is 957. The molecule has 0 radical (unpaired) electrons. The van der Waals surface area contributed by atoms with Gasteiger partial charge in [0.2, 0.25) is 0 Å². The van der Waals surface area contributed by atoms with Crippen molar-refractivity contribution in [2.45, 2.75) is 12.2 Å². The van der Waals surface area contributed by atoms with E-state index in [0.717, 1.165) is 10.8 Å². The summed E-state index contributed by atoms with van der Waals surface area (Å²) >= 11 is 0. The molecule has 8 heteroatoms. The van der Waals surface area contributed by atoms with Gasteiger partial charge in [-0.05, 0) is 22.9 Å². The van der Waals surface area contributed by atoms with Gasteiger partial charge in [0.05, 0.1) is 6.04 Å². The Morgan fingerprint density at radius 3 is 2.04 bits per heavy atom. The van der Waals surface area contributed by atoms with Gasteiger partial charge in [0.15, 0.2) is 0 Å². The first-order valence-corrected chi connectivity index (χ1v) is 7.67. The quantitative estimate of drug-likeness (QED) is 0.540. The molecule has 0 aromatic heterocycles. The first-order valence-electron chi connectivity index (χ1n) is 7.67. The lowest BCUT2D eigenvalue weighted by Crippen LogP contribution is -2.21. The van der Waals surface area contributed by atoms with Crippen LogP contribution in [0.1, 0.15) is 17.2 Å². The molecule has 0 aliphatic rings. The maximum Gasteiger partial charge on any atom is 0.490 e. The predicted octanol–water partition coefficient (Wildman–Crippen LogP) is 3.93. The minimum atomic E-state index is -5.08. The van der Waals surface area contributed by atoms with Crippen LogP contribution in [0.2, 0.25) is 0 Å². The van der Waals surface area contributed by atoms with Gasteiger partial charge in [0.25, 0.3) is 0 Å². The van der Waals surface area contributed by atoms with Crippen molar-refractivity contribution < 1.29 is 33.3 Å². The second kappa shape index (κ2) is 7.96. The van der Waals surface area contributed by atoms with Gasteiger partial charge in [0.1, 0.15) is 11.5 Å². The Morgan fingerprint density at radius 1 is 0.889 bits per heavy atom. The van der Waals surface area contributed by atoms with Gasteiger partial charge in [-0.25, -0.2) is 4.79 Å². The number of halogens is 3. The number of aromatic hydroxyl groups is 2. The van der Waals surface area contributed by atoms with Crippen molar-refractivity contribution in [3.8, 4) is 11.5 Å². The van der Waals surface area contributed by atoms with E-state index in [2.05, 4.69) is 0 Å². The Morgan fingerprint density at radius 2 is 1.44 bits per heavy atom. The third-order valence-corrected chi connectivity index (χ3v) is 3.77. The molecule has 0 spiro atoms. The maximum atomic E-state index is 10.6. The van der Waals surface area contributed by atoms with Crippen LogP contribution in [0.3, 0.4) is 0 Å². The van der Waals surface area contributed by atoms with Crippen molar-refractivity contribution in [3.63, 3.8) is 0 Å². The summed E-state index contributed by atoms with van der Waals surface area (Å²) in [6.45, 7) is 0. The molecule has 0 amide bonds. The standard InChI is InChI=1S/C17H15NO2.C2HF3O2/c18-17(13-7-3-4-8-14(13)19)16-12-6-2-1-5-11(12)9-10-15(16)20;3-2(4,5)1(6)7/h1-10,17,19-20H,18H2;(H,6,7). The lowest BCUT2D eigenvalue weighted by atomic mass is 9.93. The summed E-state index contributed by atoms with van der Waals surface area (Å²) in [4.78, 5) is 8.90. The first-order chi connectivity index (χ1) is 12.6. The van der Waals surface area contributed by atoms with Gasteiger partial charge in [-0.2, -0.15) is 13.2 Å². The van der Waals surface area contributed by atoms with Crippen molar-refractivity contribution in [2.75, 3.05) is 0 Å². The van der Waals surface area contributed by atoms with Crippen molar-refractivity contribution in [2.24, 2.45) is 5.73 Å². The summed E-state index contributed by atoms with van der Waals surface area (Å²) in [7, 11) is 0. The number of benzene rings is 3. The molecule has 3 rings (SSSR count). The van der Waals surface area contributed by atoms with E-state index in [4.69, 9.17) is 15.6 Å². The number of fused-ring (bicyclic) bond motifs is 1. The van der Waals surface area contributed by atoms with Gasteiger partial charge in [-0.3, -0.25) is 0 Å². The number of carboxylic acids is 1. The lowest BCUT2D eigenvalue weighted by Gasteiger charge is -2.17. The van der Waals surface area contributed by atoms with Crippen LogP contribution >= 0.6 is 0 Å². The highest BCUT2D eigenvalue weighted by Gasteiger charge is 2.38. The van der Waals surface area contributed by atoms with Crippen molar-refractivity contribution in [3.05, 3.63) is 71.8 Å². The van der Waals surface area contributed by atoms with E-state index < -0.39 is 18.2 Å². The number of alkyl halides is 3. The fourth-order valence-electron chi connectivity index (χ4n) is 2.52. The maximum absolute atomic E-state index is 10.6. The molecule has 0 fully saturated rings. The smallest absolute Gasteiger partial charge is 0.490 e. The lowest BCUT2D eigenvalue weighted by molar-refractivity contribution is -0.192. The molecule has 27 heavy (non-hydrogen) atoms. The monoisotopic (exact) mass is 379 g/mol. The second-order valence-electron chi connectivity index (χ2n) is 5.56. The zero-order valence-corrected chi connectivity index (χ0v) is 13.8. The summed E-state index contributed by atoms with van der Waals surface area (Å²) in [6, 6.07) is 17.6. The molecule has 3 aromatic rings. The first kappa shape index (κ1) is 20.1. The molecule has 3 aromatic carbocycles. The molecule has 0 bridgehead atoms. The SMILES string of the molecule is NC(c1ccccc1O)c1c(O)ccc2ccccc12.O=C(O)C(F)(F)F. The topological polar surface area (TPSA) is 104 Å². The number of carboxylic acid groups (broad SMARTS) is 1. The highest BCUT2D eigenvalue weighted by Crippen LogP contribution is 2.36. The number of aliphatic carboxylic acids is 1. The molecule has 5 N–H and O–H groups in total. The normalized spacial score (nSPS) is 12.1. The van der Waals surface area contributed by atoms with Gasteiger partial charge in [0, 0.05) is 11.1 Å². The van der Waals surface area contributed by atoms with Crippen LogP contribution in [0.4, 0.5) is 13.2 Å². The van der Waals surface area contributed by atoms with Gasteiger partial charge >= 0.3 is 12.1 Å². The molecule has 0 heterocycles. The van der Waals surface area contributed by atoms with Gasteiger partial charge in [-0.1, -0.05) is 48.5 Å². The fourth-order valence-corrected chi connectivity index (χ4v) is 2.52. The number of phenols is 2. The molecule has 0 saturated heterocycles. The molecule has 1 atom stereocenters. The Hall–Kier alpha value is -3.26. The number of para-hydroxylation sites is 1. The minimum absolute atomic E-state index is 0.132. The van der Waals surface area contributed by atoms with Crippen molar-refractivity contribution >= 4 is 16.7 Å². The number of hydrogen-bond acceptors (Lipinski definition) is 4. The average Bonchev–Trinajstić information content (AvgIpc) is 2.61. The molecule has 1 unspecified atom stereocenters. The van der Waals surface area contributed by atoms with E-state index in [-0.39, 0.29) is 11.5 Å². The molecular formula is C19H16F3NO4. The highest BCUT2D eigenvalue weighted by atomic mass is 19.4. The number of nitrogens with two attached hydrogens (primary N) is 1. The van der Waals surface area contributed by atoms with Crippen molar-refractivity contribution in [1.82, 2.24) is 0 Å². The van der Waals surface area contributed by atoms with Gasteiger partial charge in [-0.15, -0.1) is 0 Å². The van der Waals surface area contributed by atoms with E-state index in [1.165, 1.54) is 0 Å². The van der Waals surface area contributed by atoms with Crippen LogP contribution in [0.5, 0.6) is 11.5 Å². The van der Waals surface area contributed by atoms with Crippen LogP contribution < -0.4 is 5.73 Å². The second-order valence-corrected chi connectivity index (χ2v) is 5.56. The molecule has 5 nitrogen and oxygen atoms in total. The summed E-state index contributed by atoms with van der Waals surface area (Å²) < 4.78 is 31.7. The number of carbonyl (C=O) groups is 1. The van der Waals surface area contributed by atoms with Crippen LogP contribution in [0, 0.1) is 0 Å². The summed E-state index contributed by atoms with van der Waals surface area (Å²) in [5, 5.41) is 29.1. The van der Waals surface area contributed by atoms with Crippen molar-refractivity contribution in [1.29, 1.82) is 0 Å². The largest absolute Gasteiger partial charge is 0.508 e. The van der Waals surface area contributed by atoms with Crippen LogP contribution in [0.15, 0.2) is 60.7 Å². The highest BCUT2D eigenvalue weighted by molar-refractivity contribution is 5.88. The Labute approximate surface area is 152 Å². The van der Waals surface area contributed by atoms with Crippen LogP contribution in [0.25, 0.3) is 10.8 Å².